The number of rotatable bonds is 10. The van der Waals surface area contributed by atoms with Crippen molar-refractivity contribution in [2.75, 3.05) is 6.61 Å². The minimum atomic E-state index is -0.436. The number of ether oxygens (including phenoxy) is 2. The van der Waals surface area contributed by atoms with Crippen molar-refractivity contribution in [3.63, 3.8) is 0 Å². The first-order chi connectivity index (χ1) is 12.0. The fraction of sp³-hybridized carbons (Fsp3) is 0.333. The quantitative estimate of drug-likeness (QED) is 0.277. The molecule has 0 amide bonds. The van der Waals surface area contributed by atoms with Crippen LogP contribution in [0, 0.1) is 0 Å². The second kappa shape index (κ2) is 12.0. The number of benzene rings is 1. The van der Waals surface area contributed by atoms with Gasteiger partial charge < -0.3 is 9.47 Å². The Hall–Kier alpha value is -2.46. The van der Waals surface area contributed by atoms with Crippen LogP contribution in [0.25, 0.3) is 0 Å². The third-order valence-corrected chi connectivity index (χ3v) is 3.23. The number of esters is 1. The average molecular weight is 342 g/mol. The van der Waals surface area contributed by atoms with Gasteiger partial charge in [0.2, 0.25) is 0 Å². The van der Waals surface area contributed by atoms with Crippen LogP contribution in [-0.2, 0) is 25.7 Å². The van der Waals surface area contributed by atoms with Crippen molar-refractivity contribution < 1.29 is 19.1 Å². The van der Waals surface area contributed by atoms with E-state index < -0.39 is 12.1 Å². The predicted octanol–water partition coefficient (Wildman–Crippen LogP) is 4.17. The minimum Gasteiger partial charge on any atom is -0.455 e. The zero-order valence-corrected chi connectivity index (χ0v) is 15.1. The van der Waals surface area contributed by atoms with Crippen molar-refractivity contribution in [3.8, 4) is 0 Å². The normalized spacial score (nSPS) is 13.3. The molecule has 4 heteroatoms. The summed E-state index contributed by atoms with van der Waals surface area (Å²) in [5.74, 6) is -0.513. The maximum atomic E-state index is 11.7. The third-order valence-electron chi connectivity index (χ3n) is 3.23. The van der Waals surface area contributed by atoms with Crippen LogP contribution in [0.15, 0.2) is 66.3 Å². The summed E-state index contributed by atoms with van der Waals surface area (Å²) in [6.07, 6.45) is 8.39. The van der Waals surface area contributed by atoms with E-state index in [0.29, 0.717) is 13.2 Å². The molecule has 0 aliphatic heterocycles. The summed E-state index contributed by atoms with van der Waals surface area (Å²) in [5.41, 5.74) is 2.12. The van der Waals surface area contributed by atoms with E-state index in [1.807, 2.05) is 43.3 Å². The van der Waals surface area contributed by atoms with Crippen LogP contribution in [0.1, 0.15) is 32.8 Å². The van der Waals surface area contributed by atoms with E-state index in [1.54, 1.807) is 19.1 Å². The van der Waals surface area contributed by atoms with Gasteiger partial charge >= 0.3 is 5.97 Å². The van der Waals surface area contributed by atoms with Gasteiger partial charge in [-0.3, -0.25) is 4.79 Å². The molecule has 0 N–H and O–H groups in total. The maximum Gasteiger partial charge on any atom is 0.331 e. The zero-order valence-electron chi connectivity index (χ0n) is 15.1. The van der Waals surface area contributed by atoms with Gasteiger partial charge in [0.15, 0.2) is 5.78 Å². The van der Waals surface area contributed by atoms with Gasteiger partial charge in [0.1, 0.15) is 6.10 Å². The molecule has 0 fully saturated rings. The van der Waals surface area contributed by atoms with Gasteiger partial charge in [-0.05, 0) is 44.9 Å². The molecule has 0 unspecified atom stereocenters. The second-order valence-corrected chi connectivity index (χ2v) is 5.72. The molecule has 0 aliphatic rings. The largest absolute Gasteiger partial charge is 0.455 e. The summed E-state index contributed by atoms with van der Waals surface area (Å²) in [5, 5.41) is 0. The van der Waals surface area contributed by atoms with Crippen molar-refractivity contribution in [2.24, 2.45) is 0 Å². The fourth-order valence-corrected chi connectivity index (χ4v) is 1.93. The molecule has 0 bridgehead atoms. The van der Waals surface area contributed by atoms with Gasteiger partial charge in [-0.15, -0.1) is 0 Å². The Kier molecular flexibility index (Phi) is 9.87. The first kappa shape index (κ1) is 20.6. The summed E-state index contributed by atoms with van der Waals surface area (Å²) in [7, 11) is 0. The molecule has 0 aromatic heterocycles. The van der Waals surface area contributed by atoms with Crippen LogP contribution < -0.4 is 0 Å². The highest BCUT2D eigenvalue weighted by atomic mass is 16.5. The predicted molar refractivity (Wildman–Crippen MR) is 99.0 cm³/mol. The second-order valence-electron chi connectivity index (χ2n) is 5.72. The SMILES string of the molecule is CC(=O)/C=C\[C@@H](C)OC(=O)/C=C/C(C)=C/CCOCc1ccccc1. The number of carbonyl (C=O) groups excluding carboxylic acids is 2. The molecular weight excluding hydrogens is 316 g/mol. The first-order valence-electron chi connectivity index (χ1n) is 8.33. The van der Waals surface area contributed by atoms with Gasteiger partial charge in [0, 0.05) is 6.08 Å². The fourth-order valence-electron chi connectivity index (χ4n) is 1.93. The summed E-state index contributed by atoms with van der Waals surface area (Å²) < 4.78 is 10.7. The van der Waals surface area contributed by atoms with Gasteiger partial charge in [0.25, 0.3) is 0 Å². The maximum absolute atomic E-state index is 11.7. The first-order valence-corrected chi connectivity index (χ1v) is 8.33. The summed E-state index contributed by atoms with van der Waals surface area (Å²) in [6, 6.07) is 10.0. The number of carbonyl (C=O) groups is 2. The highest BCUT2D eigenvalue weighted by Gasteiger charge is 2.02. The Morgan fingerprint density at radius 2 is 1.80 bits per heavy atom. The topological polar surface area (TPSA) is 52.6 Å². The Bertz CT molecular complexity index is 627. The highest BCUT2D eigenvalue weighted by molar-refractivity contribution is 5.87. The van der Waals surface area contributed by atoms with E-state index in [2.05, 4.69) is 0 Å². The summed E-state index contributed by atoms with van der Waals surface area (Å²) in [6.45, 7) is 6.29. The lowest BCUT2D eigenvalue weighted by atomic mass is 10.2. The van der Waals surface area contributed by atoms with Gasteiger partial charge in [-0.2, -0.15) is 0 Å². The molecule has 0 saturated carbocycles. The van der Waals surface area contributed by atoms with Gasteiger partial charge in [-0.1, -0.05) is 48.1 Å². The Morgan fingerprint density at radius 3 is 2.48 bits per heavy atom. The molecule has 0 heterocycles. The Morgan fingerprint density at radius 1 is 1.08 bits per heavy atom. The van der Waals surface area contributed by atoms with E-state index in [4.69, 9.17) is 9.47 Å². The molecule has 0 radical (unpaired) electrons. The van der Waals surface area contributed by atoms with Crippen LogP contribution >= 0.6 is 0 Å². The van der Waals surface area contributed by atoms with Gasteiger partial charge in [-0.25, -0.2) is 4.79 Å². The molecule has 1 aromatic carbocycles. The Balaban J connectivity index is 2.25. The van der Waals surface area contributed by atoms with Crippen LogP contribution in [0.2, 0.25) is 0 Å². The van der Waals surface area contributed by atoms with Crippen LogP contribution in [0.4, 0.5) is 0 Å². The molecule has 1 rings (SSSR count). The zero-order chi connectivity index (χ0) is 18.5. The highest BCUT2D eigenvalue weighted by Crippen LogP contribution is 2.03. The van der Waals surface area contributed by atoms with Crippen molar-refractivity contribution in [1.29, 1.82) is 0 Å². The average Bonchev–Trinajstić information content (AvgIpc) is 2.59. The Labute approximate surface area is 149 Å². The van der Waals surface area contributed by atoms with Crippen LogP contribution in [0.5, 0.6) is 0 Å². The molecule has 134 valence electrons. The van der Waals surface area contributed by atoms with E-state index in [1.165, 1.54) is 19.1 Å². The standard InChI is InChI=1S/C21H26O4/c1-17(8-7-15-24-16-20-9-5-4-6-10-20)11-14-21(23)25-19(3)13-12-18(2)22/h4-6,8-14,19H,7,15-16H2,1-3H3/b13-12-,14-11+,17-8+/t19-/m1/s1. The number of hydrogen-bond acceptors (Lipinski definition) is 4. The van der Waals surface area contributed by atoms with E-state index in [9.17, 15) is 9.59 Å². The molecule has 0 aliphatic carbocycles. The molecule has 1 aromatic rings. The molecule has 1 atom stereocenters. The smallest absolute Gasteiger partial charge is 0.331 e. The number of hydrogen-bond donors (Lipinski definition) is 0. The summed E-state index contributed by atoms with van der Waals surface area (Å²) >= 11 is 0. The van der Waals surface area contributed by atoms with Gasteiger partial charge in [0.05, 0.1) is 13.2 Å². The molecular formula is C21H26O4. The third kappa shape index (κ3) is 10.8. The van der Waals surface area contributed by atoms with Crippen molar-refractivity contribution in [1.82, 2.24) is 0 Å². The molecule has 4 nitrogen and oxygen atoms in total. The van der Waals surface area contributed by atoms with E-state index >= 15 is 0 Å². The lowest BCUT2D eigenvalue weighted by Gasteiger charge is -2.06. The summed E-state index contributed by atoms with van der Waals surface area (Å²) in [4.78, 5) is 22.5. The number of ketones is 1. The van der Waals surface area contributed by atoms with E-state index in [-0.39, 0.29) is 5.78 Å². The molecule has 25 heavy (non-hydrogen) atoms. The molecule has 0 saturated heterocycles. The molecule has 0 spiro atoms. The van der Waals surface area contributed by atoms with E-state index in [0.717, 1.165) is 17.6 Å². The minimum absolute atomic E-state index is 0.0771. The van der Waals surface area contributed by atoms with Crippen molar-refractivity contribution >= 4 is 11.8 Å². The lowest BCUT2D eigenvalue weighted by molar-refractivity contribution is -0.140. The van der Waals surface area contributed by atoms with Crippen LogP contribution in [0.3, 0.4) is 0 Å². The monoisotopic (exact) mass is 342 g/mol. The van der Waals surface area contributed by atoms with Crippen LogP contribution in [-0.4, -0.2) is 24.5 Å². The lowest BCUT2D eigenvalue weighted by Crippen LogP contribution is -2.10. The number of allylic oxidation sites excluding steroid dienone is 3. The van der Waals surface area contributed by atoms with Crippen molar-refractivity contribution in [3.05, 3.63) is 71.8 Å². The van der Waals surface area contributed by atoms with Crippen molar-refractivity contribution in [2.45, 2.75) is 39.9 Å².